The highest BCUT2D eigenvalue weighted by Gasteiger charge is 2.27. The molecule has 14 heavy (non-hydrogen) atoms. The van der Waals surface area contributed by atoms with Crippen LogP contribution in [0, 0.1) is 0 Å². The molecule has 3 heteroatoms. The van der Waals surface area contributed by atoms with E-state index < -0.39 is 0 Å². The Hall–Kier alpha value is -0.990. The number of aromatic nitrogens is 1. The maximum atomic E-state index is 5.81. The molecule has 0 aliphatic heterocycles. The van der Waals surface area contributed by atoms with Crippen molar-refractivity contribution < 1.29 is 4.52 Å². The quantitative estimate of drug-likeness (QED) is 0.787. The van der Waals surface area contributed by atoms with E-state index in [9.17, 15) is 0 Å². The first-order valence-corrected chi connectivity index (χ1v) is 5.45. The van der Waals surface area contributed by atoms with Gasteiger partial charge in [-0.25, -0.2) is 0 Å². The maximum Gasteiger partial charge on any atom is 0.170 e. The topological polar surface area (TPSA) is 52.0 Å². The Morgan fingerprint density at radius 2 is 2.00 bits per heavy atom. The number of hydrogen-bond donors (Lipinski definition) is 1. The first-order valence-electron chi connectivity index (χ1n) is 5.45. The molecule has 1 aromatic rings. The summed E-state index contributed by atoms with van der Waals surface area (Å²) in [6.07, 6.45) is 5.08. The second-order valence-corrected chi connectivity index (χ2v) is 4.48. The van der Waals surface area contributed by atoms with Crippen LogP contribution in [0.25, 0.3) is 0 Å². The van der Waals surface area contributed by atoms with Crippen molar-refractivity contribution in [3.63, 3.8) is 0 Å². The summed E-state index contributed by atoms with van der Waals surface area (Å²) < 4.78 is 5.37. The van der Waals surface area contributed by atoms with E-state index in [-0.39, 0.29) is 0 Å². The Kier molecular flexibility index (Phi) is 2.48. The van der Waals surface area contributed by atoms with Gasteiger partial charge in [0, 0.05) is 11.5 Å². The fourth-order valence-electron chi connectivity index (χ4n) is 2.39. The van der Waals surface area contributed by atoms with Crippen LogP contribution in [0.15, 0.2) is 4.52 Å². The van der Waals surface area contributed by atoms with E-state index in [1.807, 2.05) is 0 Å². The molecule has 0 unspecified atom stereocenters. The zero-order valence-electron chi connectivity index (χ0n) is 8.92. The minimum atomic E-state index is 0.414. The summed E-state index contributed by atoms with van der Waals surface area (Å²) in [5.74, 6) is 2.62. The van der Waals surface area contributed by atoms with Crippen molar-refractivity contribution in [3.05, 3.63) is 11.3 Å². The lowest BCUT2D eigenvalue weighted by molar-refractivity contribution is 0.360. The largest absolute Gasteiger partial charge is 0.381 e. The molecule has 3 nitrogen and oxygen atoms in total. The maximum absolute atomic E-state index is 5.81. The van der Waals surface area contributed by atoms with Crippen LogP contribution >= 0.6 is 0 Å². The van der Waals surface area contributed by atoms with E-state index in [0.29, 0.717) is 17.7 Å². The number of nitrogen functional groups attached to an aromatic ring is 1. The smallest absolute Gasteiger partial charge is 0.170 e. The van der Waals surface area contributed by atoms with Crippen LogP contribution in [-0.2, 0) is 0 Å². The third-order valence-electron chi connectivity index (χ3n) is 3.09. The first kappa shape index (κ1) is 9.56. The van der Waals surface area contributed by atoms with Gasteiger partial charge in [-0.2, -0.15) is 0 Å². The van der Waals surface area contributed by atoms with Gasteiger partial charge < -0.3 is 10.3 Å². The molecule has 1 aromatic heterocycles. The number of nitrogens with zero attached hydrogens (tertiary/aromatic N) is 1. The van der Waals surface area contributed by atoms with Crippen molar-refractivity contribution in [2.45, 2.75) is 51.4 Å². The Morgan fingerprint density at radius 1 is 1.36 bits per heavy atom. The van der Waals surface area contributed by atoms with Crippen LogP contribution in [0.4, 0.5) is 5.82 Å². The van der Waals surface area contributed by atoms with Crippen molar-refractivity contribution in [2.75, 3.05) is 5.73 Å². The molecule has 0 radical (unpaired) electrons. The Morgan fingerprint density at radius 3 is 2.57 bits per heavy atom. The minimum Gasteiger partial charge on any atom is -0.381 e. The van der Waals surface area contributed by atoms with Gasteiger partial charge in [0.05, 0.1) is 0 Å². The van der Waals surface area contributed by atoms with Gasteiger partial charge in [-0.1, -0.05) is 31.8 Å². The summed E-state index contributed by atoms with van der Waals surface area (Å²) in [4.78, 5) is 0. The van der Waals surface area contributed by atoms with Crippen LogP contribution in [0.1, 0.15) is 62.7 Å². The van der Waals surface area contributed by atoms with Crippen molar-refractivity contribution in [2.24, 2.45) is 0 Å². The van der Waals surface area contributed by atoms with Crippen molar-refractivity contribution in [1.29, 1.82) is 0 Å². The molecular weight excluding hydrogens is 176 g/mol. The van der Waals surface area contributed by atoms with Gasteiger partial charge in [0.2, 0.25) is 0 Å². The Bertz CT molecular complexity index is 311. The molecule has 0 spiro atoms. The van der Waals surface area contributed by atoms with Gasteiger partial charge in [-0.15, -0.1) is 0 Å². The normalized spacial score (nSPS) is 18.2. The fourth-order valence-corrected chi connectivity index (χ4v) is 2.39. The highest BCUT2D eigenvalue weighted by Crippen LogP contribution is 2.39. The lowest BCUT2D eigenvalue weighted by Gasteiger charge is -2.09. The second-order valence-electron chi connectivity index (χ2n) is 4.48. The molecule has 0 amide bonds. The predicted molar refractivity (Wildman–Crippen MR) is 56.2 cm³/mol. The second kappa shape index (κ2) is 3.64. The van der Waals surface area contributed by atoms with Gasteiger partial charge >= 0.3 is 0 Å². The van der Waals surface area contributed by atoms with Crippen LogP contribution < -0.4 is 5.73 Å². The highest BCUT2D eigenvalue weighted by molar-refractivity contribution is 5.44. The van der Waals surface area contributed by atoms with Crippen LogP contribution in [0.3, 0.4) is 0 Å². The van der Waals surface area contributed by atoms with Gasteiger partial charge in [-0.05, 0) is 18.8 Å². The zero-order valence-corrected chi connectivity index (χ0v) is 8.92. The Labute approximate surface area is 84.7 Å². The minimum absolute atomic E-state index is 0.414. The lowest BCUT2D eigenvalue weighted by Crippen LogP contribution is -2.00. The van der Waals surface area contributed by atoms with E-state index in [1.165, 1.54) is 25.7 Å². The Balaban J connectivity index is 2.32. The summed E-state index contributed by atoms with van der Waals surface area (Å²) in [6, 6.07) is 0. The van der Waals surface area contributed by atoms with Crippen LogP contribution in [0.5, 0.6) is 0 Å². The monoisotopic (exact) mass is 194 g/mol. The standard InChI is InChI=1S/C11H18N2O/c1-7(2)9-10(14-13-11(9)12)8-5-3-4-6-8/h7-8H,3-6H2,1-2H3,(H2,12,13). The molecule has 2 rings (SSSR count). The summed E-state index contributed by atoms with van der Waals surface area (Å²) in [6.45, 7) is 4.28. The van der Waals surface area contributed by atoms with Gasteiger partial charge in [0.1, 0.15) is 5.76 Å². The van der Waals surface area contributed by atoms with Crippen LogP contribution in [0.2, 0.25) is 0 Å². The number of hydrogen-bond acceptors (Lipinski definition) is 3. The molecule has 1 aliphatic rings. The van der Waals surface area contributed by atoms with E-state index in [0.717, 1.165) is 11.3 Å². The summed E-state index contributed by atoms with van der Waals surface area (Å²) in [5.41, 5.74) is 6.94. The molecule has 1 aliphatic carbocycles. The van der Waals surface area contributed by atoms with Crippen LogP contribution in [-0.4, -0.2) is 5.16 Å². The number of anilines is 1. The first-order chi connectivity index (χ1) is 6.70. The third kappa shape index (κ3) is 1.51. The number of nitrogens with two attached hydrogens (primary N) is 1. The zero-order chi connectivity index (χ0) is 10.1. The lowest BCUT2D eigenvalue weighted by atomic mass is 9.95. The van der Waals surface area contributed by atoms with E-state index in [2.05, 4.69) is 19.0 Å². The molecule has 0 atom stereocenters. The molecule has 78 valence electrons. The average molecular weight is 194 g/mol. The van der Waals surface area contributed by atoms with E-state index >= 15 is 0 Å². The molecule has 0 aromatic carbocycles. The molecule has 1 fully saturated rings. The number of rotatable bonds is 2. The summed E-state index contributed by atoms with van der Waals surface area (Å²) in [5, 5.41) is 3.89. The highest BCUT2D eigenvalue weighted by atomic mass is 16.5. The van der Waals surface area contributed by atoms with E-state index in [1.54, 1.807) is 0 Å². The summed E-state index contributed by atoms with van der Waals surface area (Å²) in [7, 11) is 0. The molecular formula is C11H18N2O. The molecule has 0 bridgehead atoms. The van der Waals surface area contributed by atoms with Crippen molar-refractivity contribution >= 4 is 5.82 Å². The third-order valence-corrected chi connectivity index (χ3v) is 3.09. The summed E-state index contributed by atoms with van der Waals surface area (Å²) >= 11 is 0. The molecule has 1 saturated carbocycles. The van der Waals surface area contributed by atoms with Crippen molar-refractivity contribution in [1.82, 2.24) is 5.16 Å². The van der Waals surface area contributed by atoms with Crippen molar-refractivity contribution in [3.8, 4) is 0 Å². The average Bonchev–Trinajstić information content (AvgIpc) is 2.70. The van der Waals surface area contributed by atoms with Gasteiger partial charge in [0.15, 0.2) is 5.82 Å². The van der Waals surface area contributed by atoms with Gasteiger partial charge in [0.25, 0.3) is 0 Å². The molecule has 1 heterocycles. The predicted octanol–water partition coefficient (Wildman–Crippen LogP) is 3.04. The SMILES string of the molecule is CC(C)c1c(N)noc1C1CCCC1. The van der Waals surface area contributed by atoms with Gasteiger partial charge in [-0.3, -0.25) is 0 Å². The molecule has 2 N–H and O–H groups in total. The molecule has 0 saturated heterocycles. The van der Waals surface area contributed by atoms with E-state index in [4.69, 9.17) is 10.3 Å². The fraction of sp³-hybridized carbons (Fsp3) is 0.727.